The van der Waals surface area contributed by atoms with Gasteiger partial charge in [-0.15, -0.1) is 0 Å². The number of phenolic OH excluding ortho intramolecular Hbond substituents is 1. The molecule has 0 bridgehead atoms. The van der Waals surface area contributed by atoms with Crippen LogP contribution in [0.3, 0.4) is 0 Å². The van der Waals surface area contributed by atoms with Crippen molar-refractivity contribution in [1.29, 1.82) is 0 Å². The number of amides is 1. The summed E-state index contributed by atoms with van der Waals surface area (Å²) in [5, 5.41) is 13.6. The zero-order chi connectivity index (χ0) is 22.1. The summed E-state index contributed by atoms with van der Waals surface area (Å²) in [5.74, 6) is -0.858. The molecule has 1 heterocycles. The summed E-state index contributed by atoms with van der Waals surface area (Å²) in [7, 11) is 0. The van der Waals surface area contributed by atoms with Crippen molar-refractivity contribution < 1.29 is 14.3 Å². The minimum atomic E-state index is -0.483. The fourth-order valence-corrected chi connectivity index (χ4v) is 4.06. The summed E-state index contributed by atoms with van der Waals surface area (Å²) in [6.07, 6.45) is 4.45. The summed E-state index contributed by atoms with van der Waals surface area (Å²) in [6, 6.07) is 7.90. The van der Waals surface area contributed by atoms with Crippen LogP contribution in [0.1, 0.15) is 55.6 Å². The Morgan fingerprint density at radius 3 is 2.73 bits per heavy atom. The highest BCUT2D eigenvalue weighted by Crippen LogP contribution is 2.40. The third-order valence-corrected chi connectivity index (χ3v) is 6.03. The number of nitrogens with one attached hydrogen (secondary N) is 1. The largest absolute Gasteiger partial charge is 0.507 e. The van der Waals surface area contributed by atoms with Crippen molar-refractivity contribution in [3.63, 3.8) is 0 Å². The topological polar surface area (TPSA) is 64.9 Å². The van der Waals surface area contributed by atoms with E-state index in [9.17, 15) is 14.3 Å². The molecule has 0 aromatic heterocycles. The van der Waals surface area contributed by atoms with Gasteiger partial charge in [0.25, 0.3) is 5.91 Å². The molecule has 3 rings (SSSR count). The maximum atomic E-state index is 14.8. The summed E-state index contributed by atoms with van der Waals surface area (Å²) in [5.41, 5.74) is 5.66. The Kier molecular flexibility index (Phi) is 6.50. The highest BCUT2D eigenvalue weighted by atomic mass is 127. The number of hydrazone groups is 1. The Balaban J connectivity index is 1.85. The van der Waals surface area contributed by atoms with Gasteiger partial charge in [0.2, 0.25) is 0 Å². The summed E-state index contributed by atoms with van der Waals surface area (Å²) in [6.45, 7) is 9.21. The molecule has 158 valence electrons. The normalized spacial score (nSPS) is 15.1. The number of allylic oxidation sites excluding steroid dienone is 1. The monoisotopic (exact) mass is 521 g/mol. The first-order valence-electron chi connectivity index (χ1n) is 9.77. The van der Waals surface area contributed by atoms with Crippen molar-refractivity contribution in [2.24, 2.45) is 5.10 Å². The lowest BCUT2D eigenvalue weighted by atomic mass is 9.88. The quantitative estimate of drug-likeness (QED) is 0.319. The first-order valence-corrected chi connectivity index (χ1v) is 10.8. The SMILES string of the molecule is CCCN1c2cc(F)c(/C=N\NC(=O)c3ccc(I)c(O)c3)cc2C(C)=CC1(C)C. The number of rotatable bonds is 5. The Bertz CT molecular complexity index is 1050. The fourth-order valence-electron chi connectivity index (χ4n) is 3.72. The second-order valence-electron chi connectivity index (χ2n) is 7.89. The molecular formula is C23H25FIN3O2. The van der Waals surface area contributed by atoms with E-state index in [4.69, 9.17) is 0 Å². The standard InChI is InChI=1S/C23H25FIN3O2/c1-5-8-28-20-11-18(24)16(9-17(20)14(2)12-23(28,3)4)13-26-27-22(30)15-6-7-19(25)21(29)10-15/h6-7,9-13,29H,5,8H2,1-4H3,(H,27,30)/b26-13-. The van der Waals surface area contributed by atoms with Gasteiger partial charge in [0.1, 0.15) is 11.6 Å². The molecule has 0 atom stereocenters. The number of halogens is 2. The van der Waals surface area contributed by atoms with Crippen LogP contribution in [0.5, 0.6) is 5.75 Å². The maximum absolute atomic E-state index is 14.8. The third-order valence-electron chi connectivity index (χ3n) is 5.12. The molecule has 0 aliphatic carbocycles. The van der Waals surface area contributed by atoms with E-state index < -0.39 is 11.7 Å². The molecule has 0 spiro atoms. The molecule has 0 radical (unpaired) electrons. The van der Waals surface area contributed by atoms with Crippen LogP contribution in [-0.2, 0) is 0 Å². The van der Waals surface area contributed by atoms with Gasteiger partial charge < -0.3 is 10.0 Å². The number of nitrogens with zero attached hydrogens (tertiary/aromatic N) is 2. The second-order valence-corrected chi connectivity index (χ2v) is 9.05. The van der Waals surface area contributed by atoms with Crippen molar-refractivity contribution in [2.75, 3.05) is 11.4 Å². The van der Waals surface area contributed by atoms with Gasteiger partial charge in [0, 0.05) is 28.9 Å². The van der Waals surface area contributed by atoms with E-state index in [-0.39, 0.29) is 16.9 Å². The molecule has 1 aliphatic heterocycles. The second kappa shape index (κ2) is 8.75. The van der Waals surface area contributed by atoms with Crippen LogP contribution < -0.4 is 10.3 Å². The highest BCUT2D eigenvalue weighted by molar-refractivity contribution is 14.1. The van der Waals surface area contributed by atoms with Crippen LogP contribution in [0.25, 0.3) is 5.57 Å². The van der Waals surface area contributed by atoms with Crippen LogP contribution in [-0.4, -0.2) is 29.3 Å². The van der Waals surface area contributed by atoms with Gasteiger partial charge in [-0.2, -0.15) is 5.10 Å². The lowest BCUT2D eigenvalue weighted by molar-refractivity contribution is 0.0954. The molecule has 2 N–H and O–H groups in total. The van der Waals surface area contributed by atoms with Gasteiger partial charge in [-0.1, -0.05) is 13.0 Å². The number of carbonyl (C=O) groups is 1. The lowest BCUT2D eigenvalue weighted by Gasteiger charge is -2.43. The van der Waals surface area contributed by atoms with Crippen molar-refractivity contribution >= 4 is 46.0 Å². The van der Waals surface area contributed by atoms with E-state index in [0.717, 1.165) is 29.8 Å². The van der Waals surface area contributed by atoms with Crippen LogP contribution in [0.2, 0.25) is 0 Å². The number of hydrogen-bond acceptors (Lipinski definition) is 4. The van der Waals surface area contributed by atoms with E-state index in [1.54, 1.807) is 24.3 Å². The van der Waals surface area contributed by atoms with E-state index in [1.165, 1.54) is 12.3 Å². The zero-order valence-electron chi connectivity index (χ0n) is 17.5. The van der Waals surface area contributed by atoms with Crippen molar-refractivity contribution in [2.45, 2.75) is 39.7 Å². The number of anilines is 1. The number of benzene rings is 2. The minimum absolute atomic E-state index is 0.0229. The molecule has 1 amide bonds. The van der Waals surface area contributed by atoms with Gasteiger partial charge in [0.15, 0.2) is 0 Å². The van der Waals surface area contributed by atoms with Crippen molar-refractivity contribution in [3.8, 4) is 5.75 Å². The summed E-state index contributed by atoms with van der Waals surface area (Å²) < 4.78 is 15.5. The molecule has 2 aromatic carbocycles. The molecule has 0 saturated carbocycles. The van der Waals surface area contributed by atoms with Gasteiger partial charge in [-0.3, -0.25) is 4.79 Å². The molecule has 30 heavy (non-hydrogen) atoms. The maximum Gasteiger partial charge on any atom is 0.271 e. The molecule has 0 saturated heterocycles. The highest BCUT2D eigenvalue weighted by Gasteiger charge is 2.31. The predicted molar refractivity (Wildman–Crippen MR) is 128 cm³/mol. The first-order chi connectivity index (χ1) is 14.1. The summed E-state index contributed by atoms with van der Waals surface area (Å²) in [4.78, 5) is 14.4. The molecule has 2 aromatic rings. The van der Waals surface area contributed by atoms with Gasteiger partial charge in [0.05, 0.1) is 15.3 Å². The smallest absolute Gasteiger partial charge is 0.271 e. The molecule has 0 unspecified atom stereocenters. The van der Waals surface area contributed by atoms with Gasteiger partial charge >= 0.3 is 0 Å². The molecule has 7 heteroatoms. The number of aromatic hydroxyl groups is 1. The molecule has 1 aliphatic rings. The number of fused-ring (bicyclic) bond motifs is 1. The first kappa shape index (κ1) is 22.3. The van der Waals surface area contributed by atoms with E-state index in [1.807, 2.05) is 29.5 Å². The van der Waals surface area contributed by atoms with E-state index in [2.05, 4.69) is 42.3 Å². The van der Waals surface area contributed by atoms with E-state index in [0.29, 0.717) is 9.13 Å². The predicted octanol–water partition coefficient (Wildman–Crippen LogP) is 5.31. The Morgan fingerprint density at radius 2 is 2.07 bits per heavy atom. The van der Waals surface area contributed by atoms with Crippen molar-refractivity contribution in [3.05, 3.63) is 62.5 Å². The summed E-state index contributed by atoms with van der Waals surface area (Å²) >= 11 is 1.97. The fraction of sp³-hybridized carbons (Fsp3) is 0.304. The number of carbonyl (C=O) groups excluding carboxylic acids is 1. The Morgan fingerprint density at radius 1 is 1.33 bits per heavy atom. The third kappa shape index (κ3) is 4.50. The van der Waals surface area contributed by atoms with Crippen LogP contribution in [0.4, 0.5) is 10.1 Å². The van der Waals surface area contributed by atoms with Crippen molar-refractivity contribution in [1.82, 2.24) is 5.43 Å². The van der Waals surface area contributed by atoms with Crippen LogP contribution >= 0.6 is 22.6 Å². The zero-order valence-corrected chi connectivity index (χ0v) is 19.6. The van der Waals surface area contributed by atoms with E-state index >= 15 is 0 Å². The Labute approximate surface area is 189 Å². The average Bonchev–Trinajstić information content (AvgIpc) is 2.67. The Hall–Kier alpha value is -2.42. The molecule has 0 fully saturated rings. The van der Waals surface area contributed by atoms with Gasteiger partial charge in [-0.25, -0.2) is 9.82 Å². The number of hydrogen-bond donors (Lipinski definition) is 2. The molecule has 5 nitrogen and oxygen atoms in total. The minimum Gasteiger partial charge on any atom is -0.507 e. The number of phenols is 1. The molecular weight excluding hydrogens is 496 g/mol. The average molecular weight is 521 g/mol. The van der Waals surface area contributed by atoms with Crippen LogP contribution in [0.15, 0.2) is 41.5 Å². The van der Waals surface area contributed by atoms with Gasteiger partial charge in [-0.05, 0) is 85.7 Å². The lowest BCUT2D eigenvalue weighted by Crippen LogP contribution is -2.45. The van der Waals surface area contributed by atoms with Crippen LogP contribution in [0, 0.1) is 9.39 Å².